The Morgan fingerprint density at radius 2 is 1.91 bits per heavy atom. The SMILES string of the molecule is O=C1COC2CCN(C(=O)N3CC(c4ccc(N5CCC(C(F)(F)F)C5)nc4)C3)CC2N1. The van der Waals surface area contributed by atoms with Gasteiger partial charge in [0.05, 0.1) is 18.1 Å². The highest BCUT2D eigenvalue weighted by Crippen LogP contribution is 2.35. The minimum Gasteiger partial charge on any atom is -0.366 e. The number of nitrogens with zero attached hydrogens (tertiary/aromatic N) is 4. The van der Waals surface area contributed by atoms with Crippen molar-refractivity contribution in [3.63, 3.8) is 0 Å². The van der Waals surface area contributed by atoms with Crippen molar-refractivity contribution >= 4 is 17.8 Å². The summed E-state index contributed by atoms with van der Waals surface area (Å²) in [4.78, 5) is 34.0. The number of carbonyl (C=O) groups is 2. The number of morpholine rings is 1. The molecule has 0 radical (unpaired) electrons. The molecule has 5 heterocycles. The third kappa shape index (κ3) is 4.10. The van der Waals surface area contributed by atoms with E-state index >= 15 is 0 Å². The van der Waals surface area contributed by atoms with E-state index in [0.29, 0.717) is 45.0 Å². The summed E-state index contributed by atoms with van der Waals surface area (Å²) in [5.74, 6) is -0.721. The van der Waals surface area contributed by atoms with Gasteiger partial charge in [-0.25, -0.2) is 9.78 Å². The van der Waals surface area contributed by atoms with E-state index in [1.807, 2.05) is 6.07 Å². The highest BCUT2D eigenvalue weighted by atomic mass is 19.4. The molecule has 5 rings (SSSR count). The van der Waals surface area contributed by atoms with Crippen LogP contribution >= 0.6 is 0 Å². The number of nitrogens with one attached hydrogen (secondary N) is 1. The van der Waals surface area contributed by atoms with Crippen LogP contribution < -0.4 is 10.2 Å². The smallest absolute Gasteiger partial charge is 0.366 e. The van der Waals surface area contributed by atoms with Crippen molar-refractivity contribution in [3.05, 3.63) is 23.9 Å². The number of ether oxygens (including phenoxy) is 1. The van der Waals surface area contributed by atoms with Gasteiger partial charge in [0.25, 0.3) is 0 Å². The van der Waals surface area contributed by atoms with Crippen molar-refractivity contribution in [2.75, 3.05) is 50.8 Å². The second kappa shape index (κ2) is 8.09. The van der Waals surface area contributed by atoms with Crippen LogP contribution in [0.5, 0.6) is 0 Å². The zero-order valence-electron chi connectivity index (χ0n) is 17.6. The first-order chi connectivity index (χ1) is 15.3. The average Bonchev–Trinajstić information content (AvgIpc) is 3.23. The Bertz CT molecular complexity index is 874. The molecule has 0 aliphatic carbocycles. The third-order valence-corrected chi connectivity index (χ3v) is 6.96. The number of halogens is 3. The Kier molecular flexibility index (Phi) is 5.39. The number of hydrogen-bond donors (Lipinski definition) is 1. The molecule has 4 fully saturated rings. The largest absolute Gasteiger partial charge is 0.393 e. The van der Waals surface area contributed by atoms with Gasteiger partial charge in [-0.05, 0) is 24.5 Å². The van der Waals surface area contributed by atoms with Crippen LogP contribution in [0.4, 0.5) is 23.8 Å². The van der Waals surface area contributed by atoms with Crippen LogP contribution in [0, 0.1) is 5.92 Å². The molecule has 8 nitrogen and oxygen atoms in total. The fourth-order valence-electron chi connectivity index (χ4n) is 4.98. The predicted octanol–water partition coefficient (Wildman–Crippen LogP) is 1.58. The van der Waals surface area contributed by atoms with E-state index in [0.717, 1.165) is 5.56 Å². The lowest BCUT2D eigenvalue weighted by Crippen LogP contribution is -2.63. The Morgan fingerprint density at radius 3 is 2.59 bits per heavy atom. The van der Waals surface area contributed by atoms with E-state index in [1.54, 1.807) is 27.0 Å². The molecule has 3 amide bonds. The maximum Gasteiger partial charge on any atom is 0.393 e. The van der Waals surface area contributed by atoms with E-state index in [1.165, 1.54) is 0 Å². The quantitative estimate of drug-likeness (QED) is 0.736. The van der Waals surface area contributed by atoms with Crippen molar-refractivity contribution in [3.8, 4) is 0 Å². The van der Waals surface area contributed by atoms with Crippen LogP contribution in [0.15, 0.2) is 18.3 Å². The summed E-state index contributed by atoms with van der Waals surface area (Å²) in [6.45, 7) is 2.58. The minimum atomic E-state index is -4.17. The lowest BCUT2D eigenvalue weighted by Gasteiger charge is -2.46. The van der Waals surface area contributed by atoms with Crippen molar-refractivity contribution in [2.45, 2.75) is 37.1 Å². The molecule has 11 heteroatoms. The summed E-state index contributed by atoms with van der Waals surface area (Å²) in [6, 6.07) is 3.47. The number of pyridine rings is 1. The van der Waals surface area contributed by atoms with Gasteiger partial charge in [0, 0.05) is 51.4 Å². The first-order valence-electron chi connectivity index (χ1n) is 11.0. The number of piperidine rings is 1. The van der Waals surface area contributed by atoms with Gasteiger partial charge in [0.1, 0.15) is 12.4 Å². The minimum absolute atomic E-state index is 0.0347. The molecule has 1 N–H and O–H groups in total. The van der Waals surface area contributed by atoms with Crippen LogP contribution in [0.1, 0.15) is 24.3 Å². The topological polar surface area (TPSA) is 78.0 Å². The monoisotopic (exact) mass is 453 g/mol. The lowest BCUT2D eigenvalue weighted by molar-refractivity contribution is -0.168. The van der Waals surface area contributed by atoms with E-state index < -0.39 is 12.1 Å². The number of carbonyl (C=O) groups excluding carboxylic acids is 2. The molecule has 1 aromatic heterocycles. The fourth-order valence-corrected chi connectivity index (χ4v) is 4.98. The summed E-state index contributed by atoms with van der Waals surface area (Å²) in [5.41, 5.74) is 0.982. The van der Waals surface area contributed by atoms with Gasteiger partial charge >= 0.3 is 12.2 Å². The maximum atomic E-state index is 12.9. The summed E-state index contributed by atoms with van der Waals surface area (Å²) in [7, 11) is 0. The third-order valence-electron chi connectivity index (χ3n) is 6.96. The molecule has 4 saturated heterocycles. The summed E-state index contributed by atoms with van der Waals surface area (Å²) >= 11 is 0. The molecular weight excluding hydrogens is 427 g/mol. The lowest BCUT2D eigenvalue weighted by atomic mass is 9.92. The Labute approximate surface area is 183 Å². The highest BCUT2D eigenvalue weighted by molar-refractivity contribution is 5.79. The van der Waals surface area contributed by atoms with Crippen LogP contribution in [-0.4, -0.2) is 90.9 Å². The van der Waals surface area contributed by atoms with Crippen LogP contribution in [0.2, 0.25) is 0 Å². The van der Waals surface area contributed by atoms with Gasteiger partial charge in [0.2, 0.25) is 5.91 Å². The molecule has 0 saturated carbocycles. The molecule has 0 spiro atoms. The van der Waals surface area contributed by atoms with E-state index in [2.05, 4.69) is 10.3 Å². The number of alkyl halides is 3. The number of amides is 3. The summed E-state index contributed by atoms with van der Waals surface area (Å²) in [5, 5.41) is 2.90. The van der Waals surface area contributed by atoms with Crippen molar-refractivity contribution < 1.29 is 27.5 Å². The molecule has 174 valence electrons. The second-order valence-corrected chi connectivity index (χ2v) is 9.07. The van der Waals surface area contributed by atoms with Crippen LogP contribution in [0.25, 0.3) is 0 Å². The number of likely N-dealkylation sites (tertiary alicyclic amines) is 2. The molecular formula is C21H26F3N5O3. The molecule has 0 bridgehead atoms. The first kappa shape index (κ1) is 21.3. The molecule has 4 aliphatic heterocycles. The van der Waals surface area contributed by atoms with Crippen molar-refractivity contribution in [2.24, 2.45) is 5.92 Å². The zero-order chi connectivity index (χ0) is 22.5. The van der Waals surface area contributed by atoms with Crippen LogP contribution in [-0.2, 0) is 9.53 Å². The molecule has 32 heavy (non-hydrogen) atoms. The molecule has 3 atom stereocenters. The van der Waals surface area contributed by atoms with Crippen molar-refractivity contribution in [1.29, 1.82) is 0 Å². The van der Waals surface area contributed by atoms with Gasteiger partial charge in [-0.15, -0.1) is 0 Å². The fraction of sp³-hybridized carbons (Fsp3) is 0.667. The van der Waals surface area contributed by atoms with Gasteiger partial charge in [0.15, 0.2) is 0 Å². The Balaban J connectivity index is 1.12. The van der Waals surface area contributed by atoms with E-state index in [9.17, 15) is 22.8 Å². The number of anilines is 1. The van der Waals surface area contributed by atoms with Crippen molar-refractivity contribution in [1.82, 2.24) is 20.1 Å². The number of aromatic nitrogens is 1. The van der Waals surface area contributed by atoms with Gasteiger partial charge < -0.3 is 24.8 Å². The number of urea groups is 1. The van der Waals surface area contributed by atoms with E-state index in [-0.39, 0.29) is 49.6 Å². The molecule has 1 aromatic rings. The molecule has 4 aliphatic rings. The zero-order valence-corrected chi connectivity index (χ0v) is 17.6. The second-order valence-electron chi connectivity index (χ2n) is 9.07. The maximum absolute atomic E-state index is 12.9. The normalized spacial score (nSPS) is 28.9. The molecule has 3 unspecified atom stereocenters. The predicted molar refractivity (Wildman–Crippen MR) is 108 cm³/mol. The highest BCUT2D eigenvalue weighted by Gasteiger charge is 2.44. The number of fused-ring (bicyclic) bond motifs is 1. The van der Waals surface area contributed by atoms with Gasteiger partial charge in [-0.3, -0.25) is 4.79 Å². The summed E-state index contributed by atoms with van der Waals surface area (Å²) in [6.07, 6.45) is -1.69. The number of rotatable bonds is 2. The Morgan fingerprint density at radius 1 is 1.09 bits per heavy atom. The summed E-state index contributed by atoms with van der Waals surface area (Å²) < 4.78 is 44.2. The van der Waals surface area contributed by atoms with Crippen LogP contribution in [0.3, 0.4) is 0 Å². The first-order valence-corrected chi connectivity index (χ1v) is 11.0. The standard InChI is InChI=1S/C21H26F3N5O3/c22-21(23,24)15-3-5-27(10-15)18-2-1-13(7-25-18)14-8-29(9-14)20(31)28-6-4-17-16(11-28)26-19(30)12-32-17/h1-2,7,14-17H,3-6,8-12H2,(H,26,30). The van der Waals surface area contributed by atoms with Gasteiger partial charge in [-0.2, -0.15) is 13.2 Å². The number of hydrogen-bond acceptors (Lipinski definition) is 5. The molecule has 0 aromatic carbocycles. The average molecular weight is 453 g/mol. The Hall–Kier alpha value is -2.56. The van der Waals surface area contributed by atoms with Gasteiger partial charge in [-0.1, -0.05) is 6.07 Å². The van der Waals surface area contributed by atoms with E-state index in [4.69, 9.17) is 4.74 Å².